The Morgan fingerprint density at radius 2 is 1.78 bits per heavy atom. The summed E-state index contributed by atoms with van der Waals surface area (Å²) in [6.45, 7) is 16.9. The van der Waals surface area contributed by atoms with Crippen LogP contribution in [0.2, 0.25) is 0 Å². The molecular weight excluding hydrogens is 220 g/mol. The van der Waals surface area contributed by atoms with Crippen LogP contribution >= 0.6 is 0 Å². The van der Waals surface area contributed by atoms with Crippen molar-refractivity contribution < 1.29 is 0 Å². The molecule has 0 aliphatic carbocycles. The Morgan fingerprint density at radius 1 is 1.22 bits per heavy atom. The van der Waals surface area contributed by atoms with Gasteiger partial charge in [-0.05, 0) is 59.7 Å². The minimum atomic E-state index is 0.172. The molecular formula is C16H32N2. The summed E-state index contributed by atoms with van der Waals surface area (Å²) in [5.41, 5.74) is 1.43. The normalized spacial score (nSPS) is 20.4. The van der Waals surface area contributed by atoms with Crippen LogP contribution in [0.5, 0.6) is 0 Å². The fourth-order valence-corrected chi connectivity index (χ4v) is 3.15. The van der Waals surface area contributed by atoms with Crippen molar-refractivity contribution in [2.45, 2.75) is 71.4 Å². The van der Waals surface area contributed by atoms with Crippen LogP contribution in [0, 0.1) is 0 Å². The molecule has 0 spiro atoms. The van der Waals surface area contributed by atoms with Gasteiger partial charge in [0.05, 0.1) is 0 Å². The van der Waals surface area contributed by atoms with Crippen molar-refractivity contribution in [2.24, 2.45) is 0 Å². The highest BCUT2D eigenvalue weighted by atomic mass is 15.2. The molecule has 106 valence electrons. The van der Waals surface area contributed by atoms with Gasteiger partial charge in [0, 0.05) is 11.6 Å². The monoisotopic (exact) mass is 252 g/mol. The van der Waals surface area contributed by atoms with Crippen LogP contribution in [-0.4, -0.2) is 36.1 Å². The van der Waals surface area contributed by atoms with E-state index >= 15 is 0 Å². The first-order chi connectivity index (χ1) is 8.50. The van der Waals surface area contributed by atoms with Gasteiger partial charge in [-0.3, -0.25) is 4.90 Å². The van der Waals surface area contributed by atoms with E-state index in [0.29, 0.717) is 6.04 Å². The van der Waals surface area contributed by atoms with Crippen molar-refractivity contribution in [3.05, 3.63) is 12.2 Å². The molecule has 1 N–H and O–H groups in total. The molecule has 0 saturated carbocycles. The molecule has 1 fully saturated rings. The van der Waals surface area contributed by atoms with Crippen LogP contribution < -0.4 is 5.32 Å². The fraction of sp³-hybridized carbons (Fsp3) is 0.875. The Bertz CT molecular complexity index is 250. The highest BCUT2D eigenvalue weighted by Gasteiger charge is 2.35. The zero-order chi connectivity index (χ0) is 13.6. The van der Waals surface area contributed by atoms with Gasteiger partial charge in [0.1, 0.15) is 0 Å². The summed E-state index contributed by atoms with van der Waals surface area (Å²) >= 11 is 0. The average molecular weight is 252 g/mol. The maximum Gasteiger partial charge on any atom is 0.0455 e. The minimum absolute atomic E-state index is 0.172. The second kappa shape index (κ2) is 7.30. The van der Waals surface area contributed by atoms with Crippen LogP contribution in [0.4, 0.5) is 0 Å². The summed E-state index contributed by atoms with van der Waals surface area (Å²) in [6, 6.07) is 0.399. The van der Waals surface area contributed by atoms with E-state index in [1.807, 2.05) is 0 Å². The fourth-order valence-electron chi connectivity index (χ4n) is 3.15. The van der Waals surface area contributed by atoms with Crippen molar-refractivity contribution in [1.82, 2.24) is 10.2 Å². The lowest BCUT2D eigenvalue weighted by Gasteiger charge is -2.44. The van der Waals surface area contributed by atoms with Crippen LogP contribution in [-0.2, 0) is 0 Å². The molecule has 1 aliphatic rings. The molecule has 2 nitrogen and oxygen atoms in total. The Kier molecular flexibility index (Phi) is 6.37. The summed E-state index contributed by atoms with van der Waals surface area (Å²) in [5.74, 6) is 0. The molecule has 1 rings (SSSR count). The van der Waals surface area contributed by atoms with Gasteiger partial charge in [-0.2, -0.15) is 0 Å². The summed E-state index contributed by atoms with van der Waals surface area (Å²) < 4.78 is 0. The van der Waals surface area contributed by atoms with Gasteiger partial charge < -0.3 is 5.32 Å². The first-order valence-corrected chi connectivity index (χ1v) is 7.64. The van der Waals surface area contributed by atoms with Crippen molar-refractivity contribution in [2.75, 3.05) is 19.6 Å². The number of rotatable bonds is 6. The molecule has 1 aliphatic heterocycles. The molecule has 2 heteroatoms. The number of hydrogen-bond donors (Lipinski definition) is 1. The average Bonchev–Trinajstić information content (AvgIpc) is 2.57. The predicted molar refractivity (Wildman–Crippen MR) is 81.0 cm³/mol. The molecule has 1 heterocycles. The van der Waals surface area contributed by atoms with E-state index in [1.54, 1.807) is 0 Å². The van der Waals surface area contributed by atoms with Gasteiger partial charge in [0.15, 0.2) is 0 Å². The van der Waals surface area contributed by atoms with Crippen LogP contribution in [0.3, 0.4) is 0 Å². The van der Waals surface area contributed by atoms with Gasteiger partial charge >= 0.3 is 0 Å². The second-order valence-corrected chi connectivity index (χ2v) is 6.29. The Morgan fingerprint density at radius 3 is 2.22 bits per heavy atom. The van der Waals surface area contributed by atoms with E-state index in [0.717, 1.165) is 6.54 Å². The lowest BCUT2D eigenvalue weighted by molar-refractivity contribution is 0.0960. The van der Waals surface area contributed by atoms with Crippen molar-refractivity contribution in [3.8, 4) is 0 Å². The van der Waals surface area contributed by atoms with E-state index in [2.05, 4.69) is 44.5 Å². The lowest BCUT2D eigenvalue weighted by atomic mass is 9.87. The molecule has 0 radical (unpaired) electrons. The standard InChI is InChI=1S/C16H32N2/c1-6-11-17-15(14(2)3)16(4,5)18-12-9-7-8-10-13-18/h15,17H,2,6-13H2,1,3-5H3. The van der Waals surface area contributed by atoms with Crippen LogP contribution in [0.25, 0.3) is 0 Å². The quantitative estimate of drug-likeness (QED) is 0.727. The van der Waals surface area contributed by atoms with E-state index in [9.17, 15) is 0 Å². The highest BCUT2D eigenvalue weighted by molar-refractivity contribution is 5.12. The smallest absolute Gasteiger partial charge is 0.0455 e. The first-order valence-electron chi connectivity index (χ1n) is 7.64. The number of hydrogen-bond acceptors (Lipinski definition) is 2. The molecule has 0 amide bonds. The van der Waals surface area contributed by atoms with Crippen LogP contribution in [0.15, 0.2) is 12.2 Å². The molecule has 1 unspecified atom stereocenters. The maximum atomic E-state index is 4.20. The Balaban J connectivity index is 2.74. The van der Waals surface area contributed by atoms with Gasteiger partial charge in [-0.1, -0.05) is 31.9 Å². The van der Waals surface area contributed by atoms with Crippen molar-refractivity contribution in [3.63, 3.8) is 0 Å². The molecule has 1 saturated heterocycles. The topological polar surface area (TPSA) is 15.3 Å². The van der Waals surface area contributed by atoms with Crippen molar-refractivity contribution >= 4 is 0 Å². The zero-order valence-electron chi connectivity index (χ0n) is 12.9. The molecule has 0 aromatic carbocycles. The third kappa shape index (κ3) is 4.10. The zero-order valence-corrected chi connectivity index (χ0v) is 12.9. The summed E-state index contributed by atoms with van der Waals surface area (Å²) in [6.07, 6.45) is 6.67. The Labute approximate surface area is 114 Å². The third-order valence-corrected chi connectivity index (χ3v) is 4.22. The largest absolute Gasteiger partial charge is 0.309 e. The maximum absolute atomic E-state index is 4.20. The number of nitrogens with zero attached hydrogens (tertiary/aromatic N) is 1. The second-order valence-electron chi connectivity index (χ2n) is 6.29. The van der Waals surface area contributed by atoms with E-state index < -0.39 is 0 Å². The highest BCUT2D eigenvalue weighted by Crippen LogP contribution is 2.26. The SMILES string of the molecule is C=C(C)C(NCCC)C(C)(C)N1CCCCCC1. The van der Waals surface area contributed by atoms with Gasteiger partial charge in [0.2, 0.25) is 0 Å². The molecule has 0 aromatic heterocycles. The van der Waals surface area contributed by atoms with E-state index in [4.69, 9.17) is 0 Å². The lowest BCUT2D eigenvalue weighted by Crippen LogP contribution is -2.58. The summed E-state index contributed by atoms with van der Waals surface area (Å²) in [4.78, 5) is 2.67. The number of nitrogens with one attached hydrogen (secondary N) is 1. The van der Waals surface area contributed by atoms with Crippen LogP contribution in [0.1, 0.15) is 59.8 Å². The van der Waals surface area contributed by atoms with Gasteiger partial charge in [-0.25, -0.2) is 0 Å². The van der Waals surface area contributed by atoms with Gasteiger partial charge in [0.25, 0.3) is 0 Å². The molecule has 0 bridgehead atoms. The minimum Gasteiger partial charge on any atom is -0.309 e. The summed E-state index contributed by atoms with van der Waals surface area (Å²) in [7, 11) is 0. The first kappa shape index (κ1) is 15.7. The van der Waals surface area contributed by atoms with E-state index in [1.165, 1.54) is 50.8 Å². The van der Waals surface area contributed by atoms with Crippen molar-refractivity contribution in [1.29, 1.82) is 0 Å². The summed E-state index contributed by atoms with van der Waals surface area (Å²) in [5, 5.41) is 3.69. The van der Waals surface area contributed by atoms with E-state index in [-0.39, 0.29) is 5.54 Å². The third-order valence-electron chi connectivity index (χ3n) is 4.22. The Hall–Kier alpha value is -0.340. The molecule has 1 atom stereocenters. The van der Waals surface area contributed by atoms with Gasteiger partial charge in [-0.15, -0.1) is 0 Å². The predicted octanol–water partition coefficient (Wildman–Crippen LogP) is 3.59. The number of likely N-dealkylation sites (tertiary alicyclic amines) is 1. The molecule has 18 heavy (non-hydrogen) atoms. The molecule has 0 aromatic rings.